The number of rotatable bonds is 4. The fraction of sp³-hybridized carbons (Fsp3) is 0.600. The van der Waals surface area contributed by atoms with E-state index in [1.54, 1.807) is 0 Å². The Labute approximate surface area is 108 Å². The predicted octanol–water partition coefficient (Wildman–Crippen LogP) is 3.76. The lowest BCUT2D eigenvalue weighted by molar-refractivity contribution is 0.346. The number of phenols is 1. The van der Waals surface area contributed by atoms with Crippen molar-refractivity contribution in [2.24, 2.45) is 5.92 Å². The van der Waals surface area contributed by atoms with Crippen LogP contribution in [-0.2, 0) is 0 Å². The highest BCUT2D eigenvalue weighted by Crippen LogP contribution is 2.30. The van der Waals surface area contributed by atoms with Crippen LogP contribution in [0.4, 0.5) is 4.39 Å². The van der Waals surface area contributed by atoms with E-state index < -0.39 is 0 Å². The zero-order valence-corrected chi connectivity index (χ0v) is 11.1. The molecule has 0 amide bonds. The van der Waals surface area contributed by atoms with Crippen molar-refractivity contribution in [2.45, 2.75) is 51.6 Å². The SMILES string of the molecule is CC(NC(C)C1CCCC1)c1cc(F)ccc1O. The molecule has 0 heterocycles. The first kappa shape index (κ1) is 13.3. The van der Waals surface area contributed by atoms with Gasteiger partial charge in [0.15, 0.2) is 0 Å². The molecule has 0 spiro atoms. The Morgan fingerprint density at radius 3 is 2.61 bits per heavy atom. The second-order valence-corrected chi connectivity index (χ2v) is 5.42. The van der Waals surface area contributed by atoms with Gasteiger partial charge in [-0.2, -0.15) is 0 Å². The van der Waals surface area contributed by atoms with Crippen LogP contribution in [0.3, 0.4) is 0 Å². The fourth-order valence-electron chi connectivity index (χ4n) is 2.95. The van der Waals surface area contributed by atoms with E-state index in [9.17, 15) is 9.50 Å². The molecule has 1 aliphatic carbocycles. The van der Waals surface area contributed by atoms with Gasteiger partial charge in [-0.1, -0.05) is 12.8 Å². The summed E-state index contributed by atoms with van der Waals surface area (Å²) in [5.74, 6) is 0.572. The number of aromatic hydroxyl groups is 1. The number of hydrogen-bond acceptors (Lipinski definition) is 2. The molecule has 0 saturated heterocycles. The van der Waals surface area contributed by atoms with Crippen LogP contribution in [0.2, 0.25) is 0 Å². The van der Waals surface area contributed by atoms with Crippen LogP contribution in [0.1, 0.15) is 51.1 Å². The van der Waals surface area contributed by atoms with Gasteiger partial charge in [0, 0.05) is 17.6 Å². The Morgan fingerprint density at radius 2 is 1.94 bits per heavy atom. The molecule has 0 radical (unpaired) electrons. The number of benzene rings is 1. The largest absolute Gasteiger partial charge is 0.508 e. The van der Waals surface area contributed by atoms with Crippen molar-refractivity contribution < 1.29 is 9.50 Å². The topological polar surface area (TPSA) is 32.3 Å². The molecule has 0 aliphatic heterocycles. The van der Waals surface area contributed by atoms with Gasteiger partial charge in [0.05, 0.1) is 0 Å². The van der Waals surface area contributed by atoms with Crippen molar-refractivity contribution in [3.05, 3.63) is 29.6 Å². The molecule has 1 aromatic carbocycles. The molecule has 100 valence electrons. The average Bonchev–Trinajstić information content (AvgIpc) is 2.85. The van der Waals surface area contributed by atoms with Gasteiger partial charge in [-0.3, -0.25) is 0 Å². The molecule has 1 fully saturated rings. The molecule has 0 bridgehead atoms. The van der Waals surface area contributed by atoms with Gasteiger partial charge in [0.2, 0.25) is 0 Å². The number of halogens is 1. The zero-order chi connectivity index (χ0) is 13.1. The zero-order valence-electron chi connectivity index (χ0n) is 11.1. The van der Waals surface area contributed by atoms with Crippen LogP contribution in [0.5, 0.6) is 5.75 Å². The van der Waals surface area contributed by atoms with E-state index in [1.807, 2.05) is 6.92 Å². The third kappa shape index (κ3) is 3.02. The minimum Gasteiger partial charge on any atom is -0.508 e. The maximum absolute atomic E-state index is 13.2. The van der Waals surface area contributed by atoms with E-state index in [0.29, 0.717) is 17.5 Å². The molecule has 3 heteroatoms. The summed E-state index contributed by atoms with van der Waals surface area (Å²) in [6.07, 6.45) is 5.18. The molecule has 2 rings (SSSR count). The number of phenolic OH excluding ortho intramolecular Hbond substituents is 1. The summed E-state index contributed by atoms with van der Waals surface area (Å²) in [4.78, 5) is 0. The van der Waals surface area contributed by atoms with Gasteiger partial charge < -0.3 is 10.4 Å². The van der Waals surface area contributed by atoms with Gasteiger partial charge >= 0.3 is 0 Å². The van der Waals surface area contributed by atoms with Crippen molar-refractivity contribution >= 4 is 0 Å². The lowest BCUT2D eigenvalue weighted by atomic mass is 9.97. The molecular weight excluding hydrogens is 229 g/mol. The van der Waals surface area contributed by atoms with Gasteiger partial charge in [0.25, 0.3) is 0 Å². The van der Waals surface area contributed by atoms with E-state index in [1.165, 1.54) is 43.9 Å². The summed E-state index contributed by atoms with van der Waals surface area (Å²) in [7, 11) is 0. The Morgan fingerprint density at radius 1 is 1.28 bits per heavy atom. The van der Waals surface area contributed by atoms with Crippen LogP contribution in [-0.4, -0.2) is 11.1 Å². The Balaban J connectivity index is 2.02. The van der Waals surface area contributed by atoms with Crippen LogP contribution >= 0.6 is 0 Å². The highest BCUT2D eigenvalue weighted by molar-refractivity contribution is 5.34. The number of nitrogens with one attached hydrogen (secondary N) is 1. The molecule has 2 N–H and O–H groups in total. The average molecular weight is 251 g/mol. The molecule has 2 unspecified atom stereocenters. The molecule has 1 saturated carbocycles. The minimum atomic E-state index is -0.301. The third-order valence-electron chi connectivity index (χ3n) is 4.08. The first-order chi connectivity index (χ1) is 8.58. The molecular formula is C15H22FNO. The van der Waals surface area contributed by atoms with Crippen LogP contribution < -0.4 is 5.32 Å². The highest BCUT2D eigenvalue weighted by atomic mass is 19.1. The standard InChI is InChI=1S/C15H22FNO/c1-10(12-5-3-4-6-12)17-11(2)14-9-13(16)7-8-15(14)18/h7-12,17-18H,3-6H2,1-2H3. The van der Waals surface area contributed by atoms with Gasteiger partial charge in [-0.25, -0.2) is 4.39 Å². The van der Waals surface area contributed by atoms with Crippen LogP contribution in [0.15, 0.2) is 18.2 Å². The second-order valence-electron chi connectivity index (χ2n) is 5.42. The normalized spacial score (nSPS) is 19.9. The molecule has 2 nitrogen and oxygen atoms in total. The van der Waals surface area contributed by atoms with Crippen molar-refractivity contribution in [3.63, 3.8) is 0 Å². The lowest BCUT2D eigenvalue weighted by Gasteiger charge is -2.25. The summed E-state index contributed by atoms with van der Waals surface area (Å²) < 4.78 is 13.2. The number of hydrogen-bond donors (Lipinski definition) is 2. The van der Waals surface area contributed by atoms with Gasteiger partial charge in [0.1, 0.15) is 11.6 Å². The lowest BCUT2D eigenvalue weighted by Crippen LogP contribution is -2.34. The van der Waals surface area contributed by atoms with Crippen molar-refractivity contribution in [2.75, 3.05) is 0 Å². The van der Waals surface area contributed by atoms with E-state index in [-0.39, 0.29) is 17.6 Å². The van der Waals surface area contributed by atoms with Gasteiger partial charge in [-0.15, -0.1) is 0 Å². The molecule has 0 aromatic heterocycles. The van der Waals surface area contributed by atoms with Crippen LogP contribution in [0, 0.1) is 11.7 Å². The van der Waals surface area contributed by atoms with Crippen LogP contribution in [0.25, 0.3) is 0 Å². The first-order valence-corrected chi connectivity index (χ1v) is 6.82. The molecule has 1 aliphatic rings. The molecule has 1 aromatic rings. The van der Waals surface area contributed by atoms with E-state index in [2.05, 4.69) is 12.2 Å². The Kier molecular flexibility index (Phi) is 4.23. The summed E-state index contributed by atoms with van der Waals surface area (Å²) in [6.45, 7) is 4.16. The quantitative estimate of drug-likeness (QED) is 0.854. The highest BCUT2D eigenvalue weighted by Gasteiger charge is 2.23. The second kappa shape index (κ2) is 5.70. The van der Waals surface area contributed by atoms with E-state index >= 15 is 0 Å². The Hall–Kier alpha value is -1.09. The molecule has 18 heavy (non-hydrogen) atoms. The van der Waals surface area contributed by atoms with Crippen molar-refractivity contribution in [1.82, 2.24) is 5.32 Å². The fourth-order valence-corrected chi connectivity index (χ4v) is 2.95. The Bertz CT molecular complexity index is 401. The van der Waals surface area contributed by atoms with E-state index in [0.717, 1.165) is 0 Å². The van der Waals surface area contributed by atoms with Gasteiger partial charge in [-0.05, 0) is 50.8 Å². The minimum absolute atomic E-state index is 0.0312. The maximum atomic E-state index is 13.2. The summed E-state index contributed by atoms with van der Waals surface area (Å²) in [5, 5.41) is 13.3. The molecule has 2 atom stereocenters. The smallest absolute Gasteiger partial charge is 0.123 e. The summed E-state index contributed by atoms with van der Waals surface area (Å²) in [5.41, 5.74) is 0.639. The first-order valence-electron chi connectivity index (χ1n) is 6.82. The monoisotopic (exact) mass is 251 g/mol. The van der Waals surface area contributed by atoms with Crippen molar-refractivity contribution in [1.29, 1.82) is 0 Å². The maximum Gasteiger partial charge on any atom is 0.123 e. The predicted molar refractivity (Wildman–Crippen MR) is 71.0 cm³/mol. The summed E-state index contributed by atoms with van der Waals surface area (Å²) in [6, 6.07) is 4.49. The van der Waals surface area contributed by atoms with E-state index in [4.69, 9.17) is 0 Å². The van der Waals surface area contributed by atoms with Crippen molar-refractivity contribution in [3.8, 4) is 5.75 Å². The summed E-state index contributed by atoms with van der Waals surface area (Å²) >= 11 is 0. The third-order valence-corrected chi connectivity index (χ3v) is 4.08.